The van der Waals surface area contributed by atoms with E-state index in [2.05, 4.69) is 26.6 Å². The zero-order valence-corrected chi connectivity index (χ0v) is 17.6. The number of hydrogen-bond acceptors (Lipinski definition) is 4. The molecule has 1 aliphatic heterocycles. The number of piperidine rings is 1. The maximum absolute atomic E-state index is 13.9. The minimum absolute atomic E-state index is 0.0859. The van der Waals surface area contributed by atoms with E-state index >= 15 is 0 Å². The summed E-state index contributed by atoms with van der Waals surface area (Å²) >= 11 is 0. The van der Waals surface area contributed by atoms with E-state index in [0.717, 1.165) is 37.4 Å². The SMILES string of the molecule is CCNC(=NCC(O)c1ccccc1F)NC1CCCN(c2cccc(OC)c2)C1. The molecule has 0 spiro atoms. The van der Waals surface area contributed by atoms with Crippen molar-refractivity contribution in [1.82, 2.24) is 10.6 Å². The molecule has 2 unspecified atom stereocenters. The van der Waals surface area contributed by atoms with E-state index in [1.165, 1.54) is 6.07 Å². The number of hydrogen-bond donors (Lipinski definition) is 3. The molecule has 0 aliphatic carbocycles. The van der Waals surface area contributed by atoms with E-state index in [-0.39, 0.29) is 18.2 Å². The van der Waals surface area contributed by atoms with Crippen LogP contribution in [0.4, 0.5) is 10.1 Å². The smallest absolute Gasteiger partial charge is 0.191 e. The van der Waals surface area contributed by atoms with Crippen molar-refractivity contribution in [2.75, 3.05) is 38.2 Å². The van der Waals surface area contributed by atoms with Crippen LogP contribution in [0.2, 0.25) is 0 Å². The van der Waals surface area contributed by atoms with Crippen molar-refractivity contribution in [2.45, 2.75) is 31.9 Å². The summed E-state index contributed by atoms with van der Waals surface area (Å²) < 4.78 is 19.2. The number of nitrogens with zero attached hydrogens (tertiary/aromatic N) is 2. The van der Waals surface area contributed by atoms with E-state index in [0.29, 0.717) is 12.5 Å². The Morgan fingerprint density at radius 3 is 2.90 bits per heavy atom. The summed E-state index contributed by atoms with van der Waals surface area (Å²) in [6, 6.07) is 14.6. The van der Waals surface area contributed by atoms with Crippen molar-refractivity contribution in [3.63, 3.8) is 0 Å². The zero-order valence-electron chi connectivity index (χ0n) is 17.6. The second-order valence-corrected chi connectivity index (χ2v) is 7.39. The van der Waals surface area contributed by atoms with Crippen molar-refractivity contribution in [1.29, 1.82) is 0 Å². The van der Waals surface area contributed by atoms with Crippen LogP contribution in [-0.4, -0.2) is 50.4 Å². The lowest BCUT2D eigenvalue weighted by Crippen LogP contribution is -2.51. The number of guanidine groups is 1. The number of rotatable bonds is 7. The first-order chi connectivity index (χ1) is 14.6. The number of nitrogens with one attached hydrogen (secondary N) is 2. The van der Waals surface area contributed by atoms with Crippen molar-refractivity contribution >= 4 is 11.6 Å². The topological polar surface area (TPSA) is 69.1 Å². The summed E-state index contributed by atoms with van der Waals surface area (Å²) in [7, 11) is 1.68. The molecule has 3 rings (SSSR count). The van der Waals surface area contributed by atoms with Gasteiger partial charge in [-0.1, -0.05) is 24.3 Å². The molecule has 0 saturated carbocycles. The van der Waals surface area contributed by atoms with Gasteiger partial charge in [0.2, 0.25) is 0 Å². The number of methoxy groups -OCH3 is 1. The quantitative estimate of drug-likeness (QED) is 0.480. The highest BCUT2D eigenvalue weighted by Gasteiger charge is 2.21. The third kappa shape index (κ3) is 5.86. The fourth-order valence-corrected chi connectivity index (χ4v) is 3.67. The predicted octanol–water partition coefficient (Wildman–Crippen LogP) is 3.09. The maximum atomic E-state index is 13.9. The summed E-state index contributed by atoms with van der Waals surface area (Å²) in [5, 5.41) is 17.0. The molecule has 0 aromatic heterocycles. The van der Waals surface area contributed by atoms with Crippen LogP contribution in [0, 0.1) is 5.82 Å². The molecule has 2 atom stereocenters. The van der Waals surface area contributed by atoms with Crippen LogP contribution >= 0.6 is 0 Å². The lowest BCUT2D eigenvalue weighted by atomic mass is 10.0. The Bertz CT molecular complexity index is 845. The highest BCUT2D eigenvalue weighted by atomic mass is 19.1. The third-order valence-electron chi connectivity index (χ3n) is 5.21. The summed E-state index contributed by atoms with van der Waals surface area (Å²) in [5.74, 6) is 1.06. The monoisotopic (exact) mass is 414 g/mol. The maximum Gasteiger partial charge on any atom is 0.191 e. The van der Waals surface area contributed by atoms with Crippen LogP contribution in [0.25, 0.3) is 0 Å². The van der Waals surface area contributed by atoms with Gasteiger partial charge in [-0.15, -0.1) is 0 Å². The zero-order chi connectivity index (χ0) is 21.3. The number of anilines is 1. The van der Waals surface area contributed by atoms with Gasteiger partial charge < -0.3 is 25.4 Å². The Hall–Kier alpha value is -2.80. The van der Waals surface area contributed by atoms with Gasteiger partial charge in [0.25, 0.3) is 0 Å². The van der Waals surface area contributed by atoms with Gasteiger partial charge in [-0.25, -0.2) is 4.39 Å². The van der Waals surface area contributed by atoms with Gasteiger partial charge in [0, 0.05) is 43.0 Å². The fraction of sp³-hybridized carbons (Fsp3) is 0.435. The lowest BCUT2D eigenvalue weighted by Gasteiger charge is -2.35. The number of aliphatic imine (C=N–C) groups is 1. The molecule has 3 N–H and O–H groups in total. The average Bonchev–Trinajstić information content (AvgIpc) is 2.78. The largest absolute Gasteiger partial charge is 0.497 e. The molecule has 2 aromatic rings. The second-order valence-electron chi connectivity index (χ2n) is 7.39. The molecule has 2 aromatic carbocycles. The van der Waals surface area contributed by atoms with Gasteiger partial charge in [-0.3, -0.25) is 4.99 Å². The summed E-state index contributed by atoms with van der Waals surface area (Å²) in [6.07, 6.45) is 1.11. The van der Waals surface area contributed by atoms with Gasteiger partial charge >= 0.3 is 0 Å². The lowest BCUT2D eigenvalue weighted by molar-refractivity contribution is 0.182. The third-order valence-corrected chi connectivity index (χ3v) is 5.21. The summed E-state index contributed by atoms with van der Waals surface area (Å²) in [4.78, 5) is 6.82. The molecular weight excluding hydrogens is 383 g/mol. The van der Waals surface area contributed by atoms with Crippen LogP contribution in [0.3, 0.4) is 0 Å². The highest BCUT2D eigenvalue weighted by molar-refractivity contribution is 5.80. The fourth-order valence-electron chi connectivity index (χ4n) is 3.67. The number of benzene rings is 2. The van der Waals surface area contributed by atoms with Crippen LogP contribution < -0.4 is 20.3 Å². The molecule has 162 valence electrons. The molecule has 30 heavy (non-hydrogen) atoms. The summed E-state index contributed by atoms with van der Waals surface area (Å²) in [5.41, 5.74) is 1.40. The van der Waals surface area contributed by atoms with E-state index < -0.39 is 11.9 Å². The minimum Gasteiger partial charge on any atom is -0.497 e. The van der Waals surface area contributed by atoms with E-state index in [9.17, 15) is 9.50 Å². The van der Waals surface area contributed by atoms with Gasteiger partial charge in [-0.05, 0) is 38.0 Å². The first-order valence-electron chi connectivity index (χ1n) is 10.5. The Morgan fingerprint density at radius 1 is 1.30 bits per heavy atom. The average molecular weight is 415 g/mol. The number of ether oxygens (including phenoxy) is 1. The molecule has 1 fully saturated rings. The molecule has 1 saturated heterocycles. The van der Waals surface area contributed by atoms with E-state index in [1.54, 1.807) is 25.3 Å². The van der Waals surface area contributed by atoms with E-state index in [1.807, 2.05) is 25.1 Å². The van der Waals surface area contributed by atoms with Crippen molar-refractivity contribution in [2.24, 2.45) is 4.99 Å². The van der Waals surface area contributed by atoms with Gasteiger partial charge in [0.05, 0.1) is 13.7 Å². The molecule has 1 heterocycles. The Labute approximate surface area is 177 Å². The normalized spacial score (nSPS) is 18.1. The molecule has 1 aliphatic rings. The van der Waals surface area contributed by atoms with Crippen LogP contribution in [0.15, 0.2) is 53.5 Å². The van der Waals surface area contributed by atoms with Crippen molar-refractivity contribution < 1.29 is 14.2 Å². The molecule has 0 amide bonds. The first-order valence-corrected chi connectivity index (χ1v) is 10.5. The van der Waals surface area contributed by atoms with Crippen LogP contribution in [-0.2, 0) is 0 Å². The van der Waals surface area contributed by atoms with Gasteiger partial charge in [-0.2, -0.15) is 0 Å². The Balaban J connectivity index is 1.63. The molecule has 0 bridgehead atoms. The van der Waals surface area contributed by atoms with Gasteiger partial charge in [0.1, 0.15) is 17.7 Å². The van der Waals surface area contributed by atoms with Crippen LogP contribution in [0.5, 0.6) is 5.75 Å². The first kappa shape index (κ1) is 21.9. The van der Waals surface area contributed by atoms with Gasteiger partial charge in [0.15, 0.2) is 5.96 Å². The number of aliphatic hydroxyl groups is 1. The highest BCUT2D eigenvalue weighted by Crippen LogP contribution is 2.24. The standard InChI is InChI=1S/C23H31FN4O2/c1-3-25-23(26-15-22(29)20-11-4-5-12-21(20)24)27-17-8-7-13-28(16-17)18-9-6-10-19(14-18)30-2/h4-6,9-12,14,17,22,29H,3,7-8,13,15-16H2,1-2H3,(H2,25,26,27). The van der Waals surface area contributed by atoms with Crippen molar-refractivity contribution in [3.05, 3.63) is 59.9 Å². The Morgan fingerprint density at radius 2 is 2.13 bits per heavy atom. The van der Waals surface area contributed by atoms with Crippen molar-refractivity contribution in [3.8, 4) is 5.75 Å². The number of aliphatic hydroxyl groups excluding tert-OH is 1. The number of halogens is 1. The van der Waals surface area contributed by atoms with E-state index in [4.69, 9.17) is 4.74 Å². The predicted molar refractivity (Wildman–Crippen MR) is 119 cm³/mol. The van der Waals surface area contributed by atoms with Crippen LogP contribution in [0.1, 0.15) is 31.4 Å². The minimum atomic E-state index is -0.985. The molecular formula is C23H31FN4O2. The second kappa shape index (κ2) is 10.8. The molecule has 0 radical (unpaired) electrons. The Kier molecular flexibility index (Phi) is 7.90. The molecule has 7 heteroatoms. The summed E-state index contributed by atoms with van der Waals surface area (Å²) in [6.45, 7) is 4.61. The molecule has 6 nitrogen and oxygen atoms in total.